The van der Waals surface area contributed by atoms with E-state index in [1.165, 1.54) is 29.7 Å². The van der Waals surface area contributed by atoms with Crippen LogP contribution in [0.3, 0.4) is 0 Å². The summed E-state index contributed by atoms with van der Waals surface area (Å²) in [5, 5.41) is 8.35. The summed E-state index contributed by atoms with van der Waals surface area (Å²) in [4.78, 5) is 0. The van der Waals surface area contributed by atoms with Crippen molar-refractivity contribution in [2.24, 2.45) is 0 Å². The minimum Gasteiger partial charge on any atom is -0.316 e. The average Bonchev–Trinajstić information content (AvgIpc) is 2.05. The largest absolute Gasteiger partial charge is 0.410 e. The fraction of sp³-hybridized carbons (Fsp3) is 0.250. The van der Waals surface area contributed by atoms with Crippen LogP contribution in [0.1, 0.15) is 11.6 Å². The van der Waals surface area contributed by atoms with Gasteiger partial charge in [-0.05, 0) is 5.56 Å². The molecule has 0 aliphatic heterocycles. The molecule has 0 aliphatic carbocycles. The van der Waals surface area contributed by atoms with Crippen LogP contribution in [0.25, 0.3) is 0 Å². The van der Waals surface area contributed by atoms with Crippen molar-refractivity contribution in [2.75, 3.05) is 0 Å². The highest BCUT2D eigenvalue weighted by atomic mass is 19.4. The second kappa shape index (κ2) is 3.76. The van der Waals surface area contributed by atoms with Gasteiger partial charge in [0.05, 0.1) is 0 Å². The molecule has 1 atom stereocenters. The third-order valence-electron chi connectivity index (χ3n) is 1.59. The number of benzene rings is 1. The Balaban J connectivity index is 2.92. The minimum absolute atomic E-state index is 0.0162. The van der Waals surface area contributed by atoms with Crippen molar-refractivity contribution in [3.8, 4) is 0 Å². The number of hydrogen-bond acceptors (Lipinski definition) is 2. The van der Waals surface area contributed by atoms with Crippen LogP contribution in [0.15, 0.2) is 30.3 Å². The van der Waals surface area contributed by atoms with E-state index in [0.29, 0.717) is 0 Å². The maximum absolute atomic E-state index is 12.2. The first-order chi connectivity index (χ1) is 6.05. The SMILES string of the molecule is ONC(c1ccccc1)C(F)(F)F. The fourth-order valence-corrected chi connectivity index (χ4v) is 0.982. The molecule has 0 aliphatic rings. The van der Waals surface area contributed by atoms with Gasteiger partial charge in [-0.1, -0.05) is 30.3 Å². The molecule has 5 heteroatoms. The van der Waals surface area contributed by atoms with Gasteiger partial charge in [-0.25, -0.2) is 0 Å². The van der Waals surface area contributed by atoms with Crippen LogP contribution in [0, 0.1) is 0 Å². The number of alkyl halides is 3. The Hall–Kier alpha value is -1.07. The maximum atomic E-state index is 12.2. The monoisotopic (exact) mass is 191 g/mol. The molecular formula is C8H8F3NO. The Morgan fingerprint density at radius 1 is 1.15 bits per heavy atom. The zero-order valence-electron chi connectivity index (χ0n) is 6.55. The Labute approximate surface area is 73.0 Å². The predicted molar refractivity (Wildman–Crippen MR) is 40.2 cm³/mol. The zero-order chi connectivity index (χ0) is 9.90. The smallest absolute Gasteiger partial charge is 0.316 e. The third kappa shape index (κ3) is 2.43. The quantitative estimate of drug-likeness (QED) is 0.703. The van der Waals surface area contributed by atoms with Crippen molar-refractivity contribution in [3.05, 3.63) is 35.9 Å². The Morgan fingerprint density at radius 2 is 1.69 bits per heavy atom. The first-order valence-electron chi connectivity index (χ1n) is 3.57. The zero-order valence-corrected chi connectivity index (χ0v) is 6.55. The Kier molecular flexibility index (Phi) is 2.90. The Bertz CT molecular complexity index is 260. The normalized spacial score (nSPS) is 14.2. The lowest BCUT2D eigenvalue weighted by molar-refractivity contribution is -0.178. The highest BCUT2D eigenvalue weighted by Crippen LogP contribution is 2.31. The van der Waals surface area contributed by atoms with E-state index in [0.717, 1.165) is 0 Å². The molecule has 2 N–H and O–H groups in total. The topological polar surface area (TPSA) is 32.3 Å². The first kappa shape index (κ1) is 10.0. The molecular weight excluding hydrogens is 183 g/mol. The molecule has 0 amide bonds. The lowest BCUT2D eigenvalue weighted by atomic mass is 10.1. The van der Waals surface area contributed by atoms with Crippen LogP contribution in [0.5, 0.6) is 0 Å². The van der Waals surface area contributed by atoms with Gasteiger partial charge in [-0.3, -0.25) is 0 Å². The van der Waals surface area contributed by atoms with Crippen LogP contribution in [0.2, 0.25) is 0 Å². The van der Waals surface area contributed by atoms with Gasteiger partial charge in [0.15, 0.2) is 6.04 Å². The summed E-state index contributed by atoms with van der Waals surface area (Å²) in [5.41, 5.74) is 1.22. The van der Waals surface area contributed by atoms with Crippen LogP contribution in [-0.2, 0) is 0 Å². The summed E-state index contributed by atoms with van der Waals surface area (Å²) < 4.78 is 36.6. The van der Waals surface area contributed by atoms with E-state index in [4.69, 9.17) is 5.21 Å². The highest BCUT2D eigenvalue weighted by molar-refractivity contribution is 5.19. The second-order valence-electron chi connectivity index (χ2n) is 2.51. The van der Waals surface area contributed by atoms with E-state index in [1.807, 2.05) is 0 Å². The summed E-state index contributed by atoms with van der Waals surface area (Å²) in [6, 6.07) is 5.13. The van der Waals surface area contributed by atoms with Gasteiger partial charge in [0.1, 0.15) is 0 Å². The Morgan fingerprint density at radius 3 is 2.08 bits per heavy atom. The molecule has 0 saturated heterocycles. The molecule has 0 fully saturated rings. The lowest BCUT2D eigenvalue weighted by Crippen LogP contribution is -2.31. The number of halogens is 3. The minimum atomic E-state index is -4.49. The molecule has 1 unspecified atom stereocenters. The highest BCUT2D eigenvalue weighted by Gasteiger charge is 2.40. The van der Waals surface area contributed by atoms with Crippen molar-refractivity contribution < 1.29 is 18.4 Å². The molecule has 0 saturated carbocycles. The van der Waals surface area contributed by atoms with Gasteiger partial charge in [-0.15, -0.1) is 0 Å². The summed E-state index contributed by atoms with van der Waals surface area (Å²) in [6.45, 7) is 0. The van der Waals surface area contributed by atoms with Gasteiger partial charge in [0.25, 0.3) is 0 Å². The van der Waals surface area contributed by atoms with Crippen LogP contribution in [0.4, 0.5) is 13.2 Å². The van der Waals surface area contributed by atoms with E-state index in [9.17, 15) is 13.2 Å². The van der Waals surface area contributed by atoms with Crippen LogP contribution in [-0.4, -0.2) is 11.4 Å². The molecule has 72 valence electrons. The molecule has 0 heterocycles. The molecule has 0 spiro atoms. The molecule has 1 rings (SSSR count). The van der Waals surface area contributed by atoms with Crippen LogP contribution >= 0.6 is 0 Å². The van der Waals surface area contributed by atoms with Crippen LogP contribution < -0.4 is 5.48 Å². The second-order valence-corrected chi connectivity index (χ2v) is 2.51. The third-order valence-corrected chi connectivity index (χ3v) is 1.59. The fourth-order valence-electron chi connectivity index (χ4n) is 0.982. The number of rotatable bonds is 2. The van der Waals surface area contributed by atoms with Crippen molar-refractivity contribution in [1.82, 2.24) is 5.48 Å². The molecule has 2 nitrogen and oxygen atoms in total. The van der Waals surface area contributed by atoms with Gasteiger partial charge in [0.2, 0.25) is 0 Å². The van der Waals surface area contributed by atoms with E-state index in [1.54, 1.807) is 6.07 Å². The van der Waals surface area contributed by atoms with Crippen molar-refractivity contribution >= 4 is 0 Å². The number of hydrogen-bond donors (Lipinski definition) is 2. The van der Waals surface area contributed by atoms with Gasteiger partial charge in [-0.2, -0.15) is 18.7 Å². The standard InChI is InChI=1S/C8H8F3NO/c9-8(10,11)7(12-13)6-4-2-1-3-5-6/h1-5,7,12-13H. The van der Waals surface area contributed by atoms with Gasteiger partial charge >= 0.3 is 6.18 Å². The van der Waals surface area contributed by atoms with Gasteiger partial charge in [0, 0.05) is 0 Å². The lowest BCUT2D eigenvalue weighted by Gasteiger charge is -2.18. The van der Waals surface area contributed by atoms with Crippen molar-refractivity contribution in [2.45, 2.75) is 12.2 Å². The van der Waals surface area contributed by atoms with E-state index in [-0.39, 0.29) is 5.56 Å². The summed E-state index contributed by atoms with van der Waals surface area (Å²) in [5.74, 6) is 0. The predicted octanol–water partition coefficient (Wildman–Crippen LogP) is 2.27. The summed E-state index contributed by atoms with van der Waals surface area (Å²) in [7, 11) is 0. The molecule has 0 radical (unpaired) electrons. The first-order valence-corrected chi connectivity index (χ1v) is 3.57. The number of hydroxylamine groups is 1. The van der Waals surface area contributed by atoms with E-state index < -0.39 is 12.2 Å². The molecule has 1 aromatic carbocycles. The molecule has 0 aromatic heterocycles. The maximum Gasteiger partial charge on any atom is 0.410 e. The molecule has 0 bridgehead atoms. The van der Waals surface area contributed by atoms with Gasteiger partial charge < -0.3 is 5.21 Å². The average molecular weight is 191 g/mol. The summed E-state index contributed by atoms with van der Waals surface area (Å²) >= 11 is 0. The van der Waals surface area contributed by atoms with E-state index >= 15 is 0 Å². The van der Waals surface area contributed by atoms with Crippen molar-refractivity contribution in [1.29, 1.82) is 0 Å². The molecule has 13 heavy (non-hydrogen) atoms. The summed E-state index contributed by atoms with van der Waals surface area (Å²) in [6.07, 6.45) is -4.49. The van der Waals surface area contributed by atoms with Crippen molar-refractivity contribution in [3.63, 3.8) is 0 Å². The molecule has 1 aromatic rings. The van der Waals surface area contributed by atoms with E-state index in [2.05, 4.69) is 0 Å². The number of nitrogens with one attached hydrogen (secondary N) is 1.